The monoisotopic (exact) mass is 249 g/mol. The van der Waals surface area contributed by atoms with Crippen LogP contribution in [0.1, 0.15) is 36.8 Å². The third-order valence-electron chi connectivity index (χ3n) is 3.71. The Morgan fingerprint density at radius 2 is 1.83 bits per heavy atom. The van der Waals surface area contributed by atoms with Crippen LogP contribution >= 0.6 is 0 Å². The first-order valence-corrected chi connectivity index (χ1v) is 6.70. The van der Waals surface area contributed by atoms with E-state index in [0.29, 0.717) is 6.04 Å². The molecule has 0 spiro atoms. The van der Waals surface area contributed by atoms with Crippen molar-refractivity contribution in [3.8, 4) is 5.75 Å². The Morgan fingerprint density at radius 3 is 2.44 bits per heavy atom. The highest BCUT2D eigenvalue weighted by Gasteiger charge is 2.20. The summed E-state index contributed by atoms with van der Waals surface area (Å²) in [4.78, 5) is 0. The Morgan fingerprint density at radius 1 is 1.17 bits per heavy atom. The number of hydrogen-bond donors (Lipinski definition) is 2. The number of anilines is 1. The van der Waals surface area contributed by atoms with Crippen LogP contribution in [0.25, 0.3) is 0 Å². The van der Waals surface area contributed by atoms with Crippen LogP contribution in [0.2, 0.25) is 0 Å². The van der Waals surface area contributed by atoms with E-state index in [2.05, 4.69) is 31.3 Å². The molecular formula is C15H23NO2. The summed E-state index contributed by atoms with van der Waals surface area (Å²) in [7, 11) is 1.71. The van der Waals surface area contributed by atoms with Crippen LogP contribution in [-0.2, 0) is 0 Å². The van der Waals surface area contributed by atoms with Crippen LogP contribution in [0, 0.1) is 13.8 Å². The molecule has 3 heteroatoms. The average Bonchev–Trinajstić information content (AvgIpc) is 2.34. The molecule has 0 heterocycles. The minimum absolute atomic E-state index is 0.107. The van der Waals surface area contributed by atoms with E-state index in [1.54, 1.807) is 7.11 Å². The van der Waals surface area contributed by atoms with Crippen molar-refractivity contribution in [1.82, 2.24) is 0 Å². The van der Waals surface area contributed by atoms with Crippen LogP contribution in [-0.4, -0.2) is 24.4 Å². The molecule has 1 aromatic rings. The lowest BCUT2D eigenvalue weighted by Gasteiger charge is -2.28. The van der Waals surface area contributed by atoms with E-state index in [1.807, 2.05) is 0 Å². The standard InChI is InChI=1S/C15H23NO2/c1-10-8-11(2)15(14(9-10)18-3)16-12-4-6-13(17)7-5-12/h8-9,12-13,16-17H,4-7H2,1-3H3. The lowest BCUT2D eigenvalue weighted by Crippen LogP contribution is -2.28. The van der Waals surface area contributed by atoms with E-state index in [9.17, 15) is 5.11 Å². The van der Waals surface area contributed by atoms with Gasteiger partial charge < -0.3 is 15.2 Å². The highest BCUT2D eigenvalue weighted by molar-refractivity contribution is 5.63. The molecule has 18 heavy (non-hydrogen) atoms. The zero-order chi connectivity index (χ0) is 13.1. The highest BCUT2D eigenvalue weighted by Crippen LogP contribution is 2.32. The maximum absolute atomic E-state index is 9.53. The quantitative estimate of drug-likeness (QED) is 0.865. The second kappa shape index (κ2) is 5.61. The summed E-state index contributed by atoms with van der Waals surface area (Å²) in [5, 5.41) is 13.1. The number of aryl methyl sites for hydroxylation is 2. The molecule has 3 nitrogen and oxygen atoms in total. The maximum atomic E-state index is 9.53. The van der Waals surface area contributed by atoms with Gasteiger partial charge in [0.15, 0.2) is 0 Å². The zero-order valence-corrected chi connectivity index (χ0v) is 11.5. The number of benzene rings is 1. The second-order valence-corrected chi connectivity index (χ2v) is 5.31. The lowest BCUT2D eigenvalue weighted by atomic mass is 9.92. The molecule has 0 aliphatic heterocycles. The molecule has 0 amide bonds. The van der Waals surface area contributed by atoms with E-state index >= 15 is 0 Å². The molecule has 2 N–H and O–H groups in total. The van der Waals surface area contributed by atoms with Crippen molar-refractivity contribution in [2.45, 2.75) is 51.7 Å². The fourth-order valence-electron chi connectivity index (χ4n) is 2.70. The van der Waals surface area contributed by atoms with Gasteiger partial charge in [-0.1, -0.05) is 6.07 Å². The van der Waals surface area contributed by atoms with Gasteiger partial charge in [-0.2, -0.15) is 0 Å². The van der Waals surface area contributed by atoms with Gasteiger partial charge in [0.2, 0.25) is 0 Å². The number of aliphatic hydroxyl groups excluding tert-OH is 1. The van der Waals surface area contributed by atoms with Crippen LogP contribution in [0.5, 0.6) is 5.75 Å². The fraction of sp³-hybridized carbons (Fsp3) is 0.600. The van der Waals surface area contributed by atoms with Gasteiger partial charge in [-0.25, -0.2) is 0 Å². The van der Waals surface area contributed by atoms with Crippen molar-refractivity contribution >= 4 is 5.69 Å². The minimum atomic E-state index is -0.107. The molecule has 100 valence electrons. The number of ether oxygens (including phenoxy) is 1. The van der Waals surface area contributed by atoms with Gasteiger partial charge in [0, 0.05) is 6.04 Å². The maximum Gasteiger partial charge on any atom is 0.142 e. The predicted octanol–water partition coefficient (Wildman–Crippen LogP) is 3.03. The minimum Gasteiger partial charge on any atom is -0.495 e. The van der Waals surface area contributed by atoms with E-state index in [-0.39, 0.29) is 6.10 Å². The zero-order valence-electron chi connectivity index (χ0n) is 11.5. The lowest BCUT2D eigenvalue weighted by molar-refractivity contribution is 0.126. The fourth-order valence-corrected chi connectivity index (χ4v) is 2.70. The highest BCUT2D eigenvalue weighted by atomic mass is 16.5. The van der Waals surface area contributed by atoms with E-state index in [0.717, 1.165) is 37.1 Å². The molecule has 0 aromatic heterocycles. The molecule has 2 rings (SSSR count). The number of nitrogens with one attached hydrogen (secondary N) is 1. The number of methoxy groups -OCH3 is 1. The Balaban J connectivity index is 2.13. The van der Waals surface area contributed by atoms with Crippen molar-refractivity contribution in [2.75, 3.05) is 12.4 Å². The van der Waals surface area contributed by atoms with Crippen molar-refractivity contribution in [3.63, 3.8) is 0 Å². The van der Waals surface area contributed by atoms with E-state index in [4.69, 9.17) is 4.74 Å². The third-order valence-corrected chi connectivity index (χ3v) is 3.71. The second-order valence-electron chi connectivity index (χ2n) is 5.31. The SMILES string of the molecule is COc1cc(C)cc(C)c1NC1CCC(O)CC1. The molecular weight excluding hydrogens is 226 g/mol. The van der Waals surface area contributed by atoms with Crippen LogP contribution < -0.4 is 10.1 Å². The summed E-state index contributed by atoms with van der Waals surface area (Å²) in [5.41, 5.74) is 3.54. The van der Waals surface area contributed by atoms with Crippen molar-refractivity contribution in [3.05, 3.63) is 23.3 Å². The van der Waals surface area contributed by atoms with Crippen LogP contribution in [0.4, 0.5) is 5.69 Å². The topological polar surface area (TPSA) is 41.5 Å². The first-order chi connectivity index (χ1) is 8.60. The van der Waals surface area contributed by atoms with Gasteiger partial charge in [0.05, 0.1) is 18.9 Å². The summed E-state index contributed by atoms with van der Waals surface area (Å²) in [6.45, 7) is 4.19. The Hall–Kier alpha value is -1.22. The molecule has 0 radical (unpaired) electrons. The van der Waals surface area contributed by atoms with Crippen molar-refractivity contribution in [1.29, 1.82) is 0 Å². The van der Waals surface area contributed by atoms with Crippen molar-refractivity contribution in [2.24, 2.45) is 0 Å². The molecule has 1 saturated carbocycles. The van der Waals surface area contributed by atoms with Crippen molar-refractivity contribution < 1.29 is 9.84 Å². The normalized spacial score (nSPS) is 23.8. The third kappa shape index (κ3) is 2.96. The first kappa shape index (κ1) is 13.2. The number of hydrogen-bond acceptors (Lipinski definition) is 3. The van der Waals surface area contributed by atoms with E-state index < -0.39 is 0 Å². The van der Waals surface area contributed by atoms with Gasteiger partial charge in [-0.05, 0) is 56.7 Å². The van der Waals surface area contributed by atoms with Gasteiger partial charge in [-0.3, -0.25) is 0 Å². The predicted molar refractivity (Wildman–Crippen MR) is 74.4 cm³/mol. The smallest absolute Gasteiger partial charge is 0.142 e. The molecule has 0 atom stereocenters. The van der Waals surface area contributed by atoms with Crippen LogP contribution in [0.3, 0.4) is 0 Å². The molecule has 1 aliphatic carbocycles. The molecule has 1 aromatic carbocycles. The number of rotatable bonds is 3. The summed E-state index contributed by atoms with van der Waals surface area (Å²) < 4.78 is 5.46. The first-order valence-electron chi connectivity index (χ1n) is 6.70. The Kier molecular flexibility index (Phi) is 4.12. The summed E-state index contributed by atoms with van der Waals surface area (Å²) >= 11 is 0. The van der Waals surface area contributed by atoms with Gasteiger partial charge >= 0.3 is 0 Å². The molecule has 0 saturated heterocycles. The summed E-state index contributed by atoms with van der Waals surface area (Å²) in [5.74, 6) is 0.915. The van der Waals surface area contributed by atoms with Gasteiger partial charge in [0.1, 0.15) is 5.75 Å². The molecule has 0 bridgehead atoms. The summed E-state index contributed by atoms with van der Waals surface area (Å²) in [6, 6.07) is 4.68. The molecule has 1 fully saturated rings. The molecule has 0 unspecified atom stereocenters. The average molecular weight is 249 g/mol. The van der Waals surface area contributed by atoms with Gasteiger partial charge in [-0.15, -0.1) is 0 Å². The summed E-state index contributed by atoms with van der Waals surface area (Å²) in [6.07, 6.45) is 3.73. The van der Waals surface area contributed by atoms with Gasteiger partial charge in [0.25, 0.3) is 0 Å². The Labute approximate surface area is 109 Å². The molecule has 1 aliphatic rings. The largest absolute Gasteiger partial charge is 0.495 e. The Bertz CT molecular complexity index is 409. The number of aliphatic hydroxyl groups is 1. The van der Waals surface area contributed by atoms with E-state index in [1.165, 1.54) is 11.1 Å². The van der Waals surface area contributed by atoms with Crippen LogP contribution in [0.15, 0.2) is 12.1 Å².